The Balaban J connectivity index is 1.45. The summed E-state index contributed by atoms with van der Waals surface area (Å²) in [6.07, 6.45) is 5.13. The van der Waals surface area contributed by atoms with E-state index in [1.165, 1.54) is 0 Å². The van der Waals surface area contributed by atoms with E-state index >= 15 is 0 Å². The lowest BCUT2D eigenvalue weighted by atomic mass is 9.44. The first-order valence-corrected chi connectivity index (χ1v) is 14.7. The van der Waals surface area contributed by atoms with Crippen molar-refractivity contribution >= 4 is 33.4 Å². The van der Waals surface area contributed by atoms with Crippen molar-refractivity contribution in [2.75, 3.05) is 12.3 Å². The van der Waals surface area contributed by atoms with Crippen molar-refractivity contribution in [2.24, 2.45) is 46.3 Å². The van der Waals surface area contributed by atoms with Gasteiger partial charge >= 0.3 is 0 Å². The number of rotatable bonds is 7. The van der Waals surface area contributed by atoms with E-state index in [-0.39, 0.29) is 77.1 Å². The molecule has 0 heterocycles. The molecule has 0 aromatic carbocycles. The van der Waals surface area contributed by atoms with Gasteiger partial charge in [-0.05, 0) is 60.7 Å². The van der Waals surface area contributed by atoms with Gasteiger partial charge in [-0.25, -0.2) is 0 Å². The smallest absolute Gasteiger partial charge is 0.266 e. The Morgan fingerprint density at radius 2 is 1.83 bits per heavy atom. The number of fused-ring (bicyclic) bond motifs is 5. The molecule has 8 nitrogen and oxygen atoms in total. The highest BCUT2D eigenvalue weighted by Gasteiger charge is 2.66. The van der Waals surface area contributed by atoms with Crippen molar-refractivity contribution in [1.82, 2.24) is 5.32 Å². The van der Waals surface area contributed by atoms with E-state index in [1.807, 2.05) is 6.92 Å². The molecule has 0 aromatic rings. The van der Waals surface area contributed by atoms with Gasteiger partial charge in [0.2, 0.25) is 5.91 Å². The Kier molecular flexibility index (Phi) is 7.07. The third kappa shape index (κ3) is 4.75. The monoisotopic (exact) mass is 509 g/mol. The molecule has 4 fully saturated rings. The fraction of sp³-hybridized carbons (Fsp3) is 0.846. The normalized spacial score (nSPS) is 40.0. The molecule has 0 spiro atoms. The molecule has 35 heavy (non-hydrogen) atoms. The zero-order valence-electron chi connectivity index (χ0n) is 21.0. The first-order valence-electron chi connectivity index (χ1n) is 13.1. The van der Waals surface area contributed by atoms with Crippen LogP contribution in [0.1, 0.15) is 78.6 Å². The number of hydrogen-bond donors (Lipinski definition) is 2. The molecule has 2 N–H and O–H groups in total. The third-order valence-electron chi connectivity index (χ3n) is 10.4. The van der Waals surface area contributed by atoms with Crippen molar-refractivity contribution in [3.63, 3.8) is 0 Å². The average molecular weight is 510 g/mol. The summed E-state index contributed by atoms with van der Waals surface area (Å²) >= 11 is 0. The summed E-state index contributed by atoms with van der Waals surface area (Å²) in [7, 11) is -4.12. The topological polar surface area (TPSA) is 135 Å². The molecule has 1 amide bonds. The Labute approximate surface area is 208 Å². The van der Waals surface area contributed by atoms with Crippen LogP contribution in [0.25, 0.3) is 0 Å². The van der Waals surface area contributed by atoms with Crippen molar-refractivity contribution in [1.29, 1.82) is 0 Å². The molecule has 0 aromatic heterocycles. The lowest BCUT2D eigenvalue weighted by Gasteiger charge is -2.58. The van der Waals surface area contributed by atoms with Crippen LogP contribution in [-0.4, -0.2) is 48.5 Å². The van der Waals surface area contributed by atoms with E-state index in [0.29, 0.717) is 32.1 Å². The molecule has 0 aliphatic heterocycles. The standard InChI is InChI=1S/C26H39NO7S/c1-15(4-7-23(31)27-10-11-35(32,33)34)18-5-6-19-24-20(14-22(30)26(18,19)3)25(2)9-8-17(28)12-16(25)13-21(24)29/h15-16,18-20,24H,4-14H2,1-3H3,(H,27,31)(H,32,33,34). The second kappa shape index (κ2) is 9.36. The molecule has 0 saturated heterocycles. The maximum absolute atomic E-state index is 13.8. The largest absolute Gasteiger partial charge is 0.355 e. The zero-order valence-corrected chi connectivity index (χ0v) is 21.9. The van der Waals surface area contributed by atoms with Crippen LogP contribution in [-0.2, 0) is 29.3 Å². The van der Waals surface area contributed by atoms with Crippen LogP contribution in [0, 0.1) is 46.3 Å². The summed E-state index contributed by atoms with van der Waals surface area (Å²) < 4.78 is 30.4. The Morgan fingerprint density at radius 1 is 1.11 bits per heavy atom. The minimum atomic E-state index is -4.12. The van der Waals surface area contributed by atoms with Gasteiger partial charge in [0, 0.05) is 50.0 Å². The van der Waals surface area contributed by atoms with Gasteiger partial charge in [0.25, 0.3) is 10.1 Å². The lowest BCUT2D eigenvalue weighted by molar-refractivity contribution is -0.166. The Bertz CT molecular complexity index is 1020. The number of carbonyl (C=O) groups excluding carboxylic acids is 4. The Morgan fingerprint density at radius 3 is 2.51 bits per heavy atom. The molecule has 4 aliphatic rings. The van der Waals surface area contributed by atoms with Crippen LogP contribution in [0.15, 0.2) is 0 Å². The molecule has 196 valence electrons. The molecule has 4 rings (SSSR count). The number of Topliss-reactive ketones (excluding diaryl/α,β-unsaturated/α-hetero) is 3. The van der Waals surface area contributed by atoms with Gasteiger partial charge in [-0.1, -0.05) is 20.8 Å². The molecular weight excluding hydrogens is 470 g/mol. The number of amides is 1. The number of hydrogen-bond acceptors (Lipinski definition) is 6. The van der Waals surface area contributed by atoms with Crippen LogP contribution in [0.5, 0.6) is 0 Å². The van der Waals surface area contributed by atoms with Crippen molar-refractivity contribution in [3.8, 4) is 0 Å². The van der Waals surface area contributed by atoms with Gasteiger partial charge in [-0.2, -0.15) is 8.42 Å². The Hall–Kier alpha value is -1.61. The fourth-order valence-electron chi connectivity index (χ4n) is 8.36. The maximum atomic E-state index is 13.8. The highest BCUT2D eigenvalue weighted by Crippen LogP contribution is 2.66. The minimum absolute atomic E-state index is 0.0210. The highest BCUT2D eigenvalue weighted by molar-refractivity contribution is 7.85. The number of nitrogens with one attached hydrogen (secondary N) is 1. The van der Waals surface area contributed by atoms with Gasteiger partial charge in [0.1, 0.15) is 17.3 Å². The molecule has 4 aliphatic carbocycles. The average Bonchev–Trinajstić information content (AvgIpc) is 3.12. The summed E-state index contributed by atoms with van der Waals surface area (Å²) in [5, 5.41) is 2.52. The minimum Gasteiger partial charge on any atom is -0.355 e. The third-order valence-corrected chi connectivity index (χ3v) is 11.1. The summed E-state index contributed by atoms with van der Waals surface area (Å²) in [4.78, 5) is 51.5. The summed E-state index contributed by atoms with van der Waals surface area (Å²) in [6, 6.07) is 0. The van der Waals surface area contributed by atoms with Crippen molar-refractivity contribution < 1.29 is 32.1 Å². The van der Waals surface area contributed by atoms with E-state index in [0.717, 1.165) is 19.3 Å². The van der Waals surface area contributed by atoms with Gasteiger partial charge < -0.3 is 5.32 Å². The molecule has 0 radical (unpaired) electrons. The molecule has 8 unspecified atom stereocenters. The van der Waals surface area contributed by atoms with Gasteiger partial charge in [0.15, 0.2) is 0 Å². The highest BCUT2D eigenvalue weighted by atomic mass is 32.2. The van der Waals surface area contributed by atoms with Crippen LogP contribution in [0.3, 0.4) is 0 Å². The van der Waals surface area contributed by atoms with Crippen LogP contribution in [0.2, 0.25) is 0 Å². The molecular formula is C26H39NO7S. The van der Waals surface area contributed by atoms with Crippen molar-refractivity contribution in [2.45, 2.75) is 78.6 Å². The van der Waals surface area contributed by atoms with Crippen LogP contribution >= 0.6 is 0 Å². The second-order valence-electron chi connectivity index (χ2n) is 12.1. The van der Waals surface area contributed by atoms with Crippen LogP contribution < -0.4 is 5.32 Å². The second-order valence-corrected chi connectivity index (χ2v) is 13.7. The fourth-order valence-corrected chi connectivity index (χ4v) is 8.72. The number of ketones is 3. The quantitative estimate of drug-likeness (QED) is 0.504. The van der Waals surface area contributed by atoms with Gasteiger partial charge in [-0.15, -0.1) is 0 Å². The van der Waals surface area contributed by atoms with Crippen LogP contribution in [0.4, 0.5) is 0 Å². The van der Waals surface area contributed by atoms with E-state index < -0.39 is 21.3 Å². The molecule has 8 atom stereocenters. The zero-order chi connectivity index (χ0) is 25.8. The maximum Gasteiger partial charge on any atom is 0.266 e. The van der Waals surface area contributed by atoms with Crippen molar-refractivity contribution in [3.05, 3.63) is 0 Å². The first-order chi connectivity index (χ1) is 16.3. The summed E-state index contributed by atoms with van der Waals surface area (Å²) in [5.41, 5.74) is -0.710. The molecule has 4 saturated carbocycles. The van der Waals surface area contributed by atoms with E-state index in [9.17, 15) is 27.6 Å². The lowest BCUT2D eigenvalue weighted by Crippen LogP contribution is -2.60. The molecule has 9 heteroatoms. The van der Waals surface area contributed by atoms with E-state index in [2.05, 4.69) is 19.2 Å². The summed E-state index contributed by atoms with van der Waals surface area (Å²) in [5.74, 6) is 0.108. The predicted molar refractivity (Wildman–Crippen MR) is 129 cm³/mol. The van der Waals surface area contributed by atoms with Gasteiger partial charge in [0.05, 0.1) is 5.75 Å². The summed E-state index contributed by atoms with van der Waals surface area (Å²) in [6.45, 7) is 6.18. The predicted octanol–water partition coefficient (Wildman–Crippen LogP) is 2.99. The van der Waals surface area contributed by atoms with Gasteiger partial charge in [-0.3, -0.25) is 23.7 Å². The van der Waals surface area contributed by atoms with E-state index in [4.69, 9.17) is 4.55 Å². The van der Waals surface area contributed by atoms with E-state index in [1.54, 1.807) is 0 Å². The number of carbonyl (C=O) groups is 4. The molecule has 0 bridgehead atoms. The SMILES string of the molecule is CC(CCC(=O)NCCS(=O)(=O)O)C1CCC2C3C(=O)CC4CC(=O)CCC4(C)C3CC(=O)C12C. The first kappa shape index (κ1) is 26.5.